The van der Waals surface area contributed by atoms with Crippen LogP contribution in [-0.4, -0.2) is 9.39 Å². The van der Waals surface area contributed by atoms with Crippen LogP contribution in [-0.2, 0) is 6.42 Å². The molecule has 0 saturated heterocycles. The topological polar surface area (TPSA) is 4.93 Å². The lowest BCUT2D eigenvalue weighted by Gasteiger charge is -2.13. The first-order valence-corrected chi connectivity index (χ1v) is 8.35. The van der Waals surface area contributed by atoms with Gasteiger partial charge in [-0.1, -0.05) is 76.6 Å². The Morgan fingerprint density at radius 2 is 1.73 bits per heavy atom. The zero-order valence-electron chi connectivity index (χ0n) is 12.2. The Morgan fingerprint density at radius 3 is 2.55 bits per heavy atom. The molecule has 0 spiro atoms. The Morgan fingerprint density at radius 1 is 1.00 bits per heavy atom. The highest BCUT2D eigenvalue weighted by Crippen LogP contribution is 2.35. The SMILES string of the molecule is C=C1Cc2c(c3ccccc3n2-c2ccccc2)C=CC1Br. The number of para-hydroxylation sites is 2. The van der Waals surface area contributed by atoms with Gasteiger partial charge in [0.2, 0.25) is 0 Å². The average Bonchev–Trinajstić information content (AvgIpc) is 2.78. The molecule has 0 N–H and O–H groups in total. The number of allylic oxidation sites excluding steroid dienone is 2. The minimum Gasteiger partial charge on any atom is -0.313 e. The molecule has 1 aromatic heterocycles. The van der Waals surface area contributed by atoms with Crippen LogP contribution in [0.2, 0.25) is 0 Å². The maximum atomic E-state index is 4.25. The van der Waals surface area contributed by atoms with Crippen molar-refractivity contribution in [3.8, 4) is 5.69 Å². The van der Waals surface area contributed by atoms with E-state index >= 15 is 0 Å². The quantitative estimate of drug-likeness (QED) is 0.402. The van der Waals surface area contributed by atoms with Gasteiger partial charge in [-0.05, 0) is 18.2 Å². The molecule has 2 heteroatoms. The number of hydrogen-bond acceptors (Lipinski definition) is 0. The minimum atomic E-state index is 0.239. The predicted molar refractivity (Wildman–Crippen MR) is 97.9 cm³/mol. The van der Waals surface area contributed by atoms with Gasteiger partial charge in [-0.15, -0.1) is 0 Å². The van der Waals surface area contributed by atoms with E-state index in [1.807, 2.05) is 0 Å². The van der Waals surface area contributed by atoms with Crippen molar-refractivity contribution in [2.75, 3.05) is 0 Å². The number of benzene rings is 2. The Labute approximate surface area is 138 Å². The van der Waals surface area contributed by atoms with Gasteiger partial charge in [-0.25, -0.2) is 0 Å². The van der Waals surface area contributed by atoms with Crippen molar-refractivity contribution >= 4 is 32.9 Å². The summed E-state index contributed by atoms with van der Waals surface area (Å²) in [5.74, 6) is 0. The molecule has 3 aromatic rings. The molecular weight excluding hydrogens is 334 g/mol. The van der Waals surface area contributed by atoms with Gasteiger partial charge in [0.05, 0.1) is 10.3 Å². The Bertz CT molecular complexity index is 887. The van der Waals surface area contributed by atoms with Gasteiger partial charge in [-0.2, -0.15) is 0 Å². The molecule has 1 nitrogen and oxygen atoms in total. The lowest BCUT2D eigenvalue weighted by molar-refractivity contribution is 0.964. The molecule has 1 unspecified atom stereocenters. The van der Waals surface area contributed by atoms with Crippen LogP contribution in [0.4, 0.5) is 0 Å². The number of fused-ring (bicyclic) bond motifs is 3. The fraction of sp³-hybridized carbons (Fsp3) is 0.100. The van der Waals surface area contributed by atoms with E-state index in [0.717, 1.165) is 6.42 Å². The van der Waals surface area contributed by atoms with Gasteiger partial charge in [0.1, 0.15) is 0 Å². The van der Waals surface area contributed by atoms with Crippen molar-refractivity contribution < 1.29 is 0 Å². The molecule has 4 rings (SSSR count). The maximum absolute atomic E-state index is 4.25. The van der Waals surface area contributed by atoms with Crippen LogP contribution in [0.25, 0.3) is 22.7 Å². The molecule has 1 heterocycles. The molecule has 1 aliphatic rings. The largest absolute Gasteiger partial charge is 0.313 e. The van der Waals surface area contributed by atoms with Crippen molar-refractivity contribution in [3.63, 3.8) is 0 Å². The molecule has 22 heavy (non-hydrogen) atoms. The summed E-state index contributed by atoms with van der Waals surface area (Å²) in [5, 5.41) is 1.30. The first-order valence-electron chi connectivity index (χ1n) is 7.43. The number of rotatable bonds is 1. The molecule has 108 valence electrons. The van der Waals surface area contributed by atoms with Crippen LogP contribution >= 0.6 is 15.9 Å². The number of aromatic nitrogens is 1. The second-order valence-electron chi connectivity index (χ2n) is 5.64. The van der Waals surface area contributed by atoms with Crippen molar-refractivity contribution in [2.45, 2.75) is 11.2 Å². The van der Waals surface area contributed by atoms with E-state index in [9.17, 15) is 0 Å². The molecule has 0 radical (unpaired) electrons. The Hall–Kier alpha value is -2.06. The normalized spacial score (nSPS) is 17.5. The zero-order valence-corrected chi connectivity index (χ0v) is 13.8. The van der Waals surface area contributed by atoms with Gasteiger partial charge in [0.15, 0.2) is 0 Å². The third-order valence-electron chi connectivity index (χ3n) is 4.25. The first-order chi connectivity index (χ1) is 10.8. The second-order valence-corrected chi connectivity index (χ2v) is 6.63. The first kappa shape index (κ1) is 13.6. The van der Waals surface area contributed by atoms with E-state index in [4.69, 9.17) is 0 Å². The number of hydrogen-bond donors (Lipinski definition) is 0. The summed E-state index contributed by atoms with van der Waals surface area (Å²) in [5.41, 5.74) is 6.27. The van der Waals surface area contributed by atoms with E-state index in [-0.39, 0.29) is 4.83 Å². The summed E-state index contributed by atoms with van der Waals surface area (Å²) < 4.78 is 2.37. The highest BCUT2D eigenvalue weighted by molar-refractivity contribution is 9.09. The molecule has 1 atom stereocenters. The number of halogens is 1. The third-order valence-corrected chi connectivity index (χ3v) is 5.20. The van der Waals surface area contributed by atoms with Crippen LogP contribution in [0.1, 0.15) is 11.3 Å². The van der Waals surface area contributed by atoms with Gasteiger partial charge >= 0.3 is 0 Å². The van der Waals surface area contributed by atoms with Gasteiger partial charge in [-0.3, -0.25) is 0 Å². The lowest BCUT2D eigenvalue weighted by atomic mass is 10.1. The van der Waals surface area contributed by atoms with Crippen LogP contribution in [0, 0.1) is 0 Å². The fourth-order valence-electron chi connectivity index (χ4n) is 3.18. The van der Waals surface area contributed by atoms with E-state index < -0.39 is 0 Å². The van der Waals surface area contributed by atoms with Crippen molar-refractivity contribution in [1.82, 2.24) is 4.57 Å². The summed E-state index contributed by atoms with van der Waals surface area (Å²) >= 11 is 3.70. The van der Waals surface area contributed by atoms with Crippen LogP contribution < -0.4 is 0 Å². The number of alkyl halides is 1. The van der Waals surface area contributed by atoms with Crippen LogP contribution in [0.15, 0.2) is 72.8 Å². The molecule has 0 fully saturated rings. The molecular formula is C20H16BrN. The van der Waals surface area contributed by atoms with Gasteiger partial charge in [0, 0.05) is 28.8 Å². The lowest BCUT2D eigenvalue weighted by Crippen LogP contribution is -2.05. The minimum absolute atomic E-state index is 0.239. The van der Waals surface area contributed by atoms with Crippen molar-refractivity contribution in [1.29, 1.82) is 0 Å². The fourth-order valence-corrected chi connectivity index (χ4v) is 3.49. The maximum Gasteiger partial charge on any atom is 0.0539 e. The van der Waals surface area contributed by atoms with Gasteiger partial charge < -0.3 is 4.57 Å². The smallest absolute Gasteiger partial charge is 0.0539 e. The Kier molecular flexibility index (Phi) is 3.27. The summed E-state index contributed by atoms with van der Waals surface area (Å²) in [6.45, 7) is 4.25. The summed E-state index contributed by atoms with van der Waals surface area (Å²) in [7, 11) is 0. The highest BCUT2D eigenvalue weighted by atomic mass is 79.9. The van der Waals surface area contributed by atoms with Crippen molar-refractivity contribution in [3.05, 3.63) is 84.1 Å². The second kappa shape index (κ2) is 5.29. The molecule has 0 bridgehead atoms. The van der Waals surface area contributed by atoms with E-state index in [1.165, 1.54) is 33.4 Å². The van der Waals surface area contributed by atoms with E-state index in [1.54, 1.807) is 0 Å². The van der Waals surface area contributed by atoms with Crippen molar-refractivity contribution in [2.24, 2.45) is 0 Å². The van der Waals surface area contributed by atoms with E-state index in [0.29, 0.717) is 0 Å². The molecule has 2 aromatic carbocycles. The molecule has 0 aliphatic heterocycles. The molecule has 1 aliphatic carbocycles. The number of nitrogens with zero attached hydrogens (tertiary/aromatic N) is 1. The summed E-state index contributed by atoms with van der Waals surface area (Å²) in [4.78, 5) is 0.239. The average molecular weight is 350 g/mol. The summed E-state index contributed by atoms with van der Waals surface area (Å²) in [6.07, 6.45) is 5.30. The van der Waals surface area contributed by atoms with E-state index in [2.05, 4.69) is 93.8 Å². The van der Waals surface area contributed by atoms with Gasteiger partial charge in [0.25, 0.3) is 0 Å². The standard InChI is InChI=1S/C20H16BrN/c1-14-13-20-17(11-12-18(14)21)16-9-5-6-10-19(16)22(20)15-7-3-2-4-8-15/h2-12,18H,1,13H2. The predicted octanol–water partition coefficient (Wildman–Crippen LogP) is 5.52. The van der Waals surface area contributed by atoms with Crippen LogP contribution in [0.5, 0.6) is 0 Å². The Balaban J connectivity index is 2.08. The highest BCUT2D eigenvalue weighted by Gasteiger charge is 2.21. The monoisotopic (exact) mass is 349 g/mol. The third kappa shape index (κ3) is 2.06. The van der Waals surface area contributed by atoms with Crippen LogP contribution in [0.3, 0.4) is 0 Å². The summed E-state index contributed by atoms with van der Waals surface area (Å²) in [6, 6.07) is 19.2. The zero-order chi connectivity index (χ0) is 15.1. The molecule has 0 amide bonds. The molecule has 0 saturated carbocycles.